The number of aliphatic carboxylic acids is 1. The fraction of sp³-hybridized carbons (Fsp3) is 0.900. The molecule has 0 spiro atoms. The molecule has 2 aliphatic rings. The van der Waals surface area contributed by atoms with Gasteiger partial charge < -0.3 is 5.11 Å². The molecule has 2 rings (SSSR count). The van der Waals surface area contributed by atoms with E-state index in [2.05, 4.69) is 9.80 Å². The van der Waals surface area contributed by atoms with Gasteiger partial charge in [-0.05, 0) is 25.9 Å². The topological polar surface area (TPSA) is 43.8 Å². The molecule has 0 amide bonds. The van der Waals surface area contributed by atoms with Crippen LogP contribution in [0.4, 0.5) is 0 Å². The maximum atomic E-state index is 10.3. The maximum Gasteiger partial charge on any atom is 0.304 e. The van der Waals surface area contributed by atoms with Crippen LogP contribution in [-0.4, -0.2) is 59.6 Å². The molecule has 0 aromatic rings. The highest BCUT2D eigenvalue weighted by Crippen LogP contribution is 2.19. The fourth-order valence-electron chi connectivity index (χ4n) is 2.32. The Morgan fingerprint density at radius 2 is 1.93 bits per heavy atom. The lowest BCUT2D eigenvalue weighted by Gasteiger charge is -2.44. The van der Waals surface area contributed by atoms with Crippen LogP contribution in [0.1, 0.15) is 19.3 Å². The molecule has 0 radical (unpaired) electrons. The maximum absolute atomic E-state index is 10.3. The highest BCUT2D eigenvalue weighted by Gasteiger charge is 2.32. The van der Waals surface area contributed by atoms with Gasteiger partial charge in [0, 0.05) is 25.7 Å². The van der Waals surface area contributed by atoms with Gasteiger partial charge >= 0.3 is 5.97 Å². The third kappa shape index (κ3) is 2.25. The molecule has 0 aromatic carbocycles. The van der Waals surface area contributed by atoms with E-state index in [0.717, 1.165) is 19.6 Å². The second-order valence-corrected chi connectivity index (χ2v) is 4.30. The number of likely N-dealkylation sites (tertiary alicyclic amines) is 2. The SMILES string of the molecule is O=C(O)CCN1CC(N2CCCC2)C1. The second-order valence-electron chi connectivity index (χ2n) is 4.30. The predicted octanol–water partition coefficient (Wildman–Crippen LogP) is 0.241. The van der Waals surface area contributed by atoms with Crippen molar-refractivity contribution in [1.29, 1.82) is 0 Å². The summed E-state index contributed by atoms with van der Waals surface area (Å²) in [5, 5.41) is 8.52. The average Bonchev–Trinajstić information content (AvgIpc) is 2.53. The molecular weight excluding hydrogens is 180 g/mol. The van der Waals surface area contributed by atoms with Crippen LogP contribution in [0.15, 0.2) is 0 Å². The molecule has 2 heterocycles. The monoisotopic (exact) mass is 198 g/mol. The van der Waals surface area contributed by atoms with Crippen LogP contribution in [0.2, 0.25) is 0 Å². The molecule has 2 saturated heterocycles. The van der Waals surface area contributed by atoms with Crippen molar-refractivity contribution in [2.24, 2.45) is 0 Å². The van der Waals surface area contributed by atoms with E-state index in [9.17, 15) is 4.79 Å². The summed E-state index contributed by atoms with van der Waals surface area (Å²) < 4.78 is 0. The van der Waals surface area contributed by atoms with Gasteiger partial charge in [-0.3, -0.25) is 14.6 Å². The Kier molecular flexibility index (Phi) is 3.03. The van der Waals surface area contributed by atoms with Crippen LogP contribution in [0.3, 0.4) is 0 Å². The third-order valence-corrected chi connectivity index (χ3v) is 3.24. The number of carbonyl (C=O) groups is 1. The second kappa shape index (κ2) is 4.28. The van der Waals surface area contributed by atoms with Crippen LogP contribution in [0.5, 0.6) is 0 Å². The number of carboxylic acids is 1. The molecule has 0 saturated carbocycles. The molecule has 0 atom stereocenters. The van der Waals surface area contributed by atoms with Crippen molar-refractivity contribution in [3.63, 3.8) is 0 Å². The van der Waals surface area contributed by atoms with Crippen molar-refractivity contribution < 1.29 is 9.90 Å². The molecule has 2 aliphatic heterocycles. The molecule has 0 bridgehead atoms. The number of nitrogens with zero attached hydrogens (tertiary/aromatic N) is 2. The molecule has 4 nitrogen and oxygen atoms in total. The minimum atomic E-state index is -0.686. The quantitative estimate of drug-likeness (QED) is 0.703. The molecule has 0 aromatic heterocycles. The smallest absolute Gasteiger partial charge is 0.304 e. The predicted molar refractivity (Wildman–Crippen MR) is 53.3 cm³/mol. The molecule has 1 N–H and O–H groups in total. The summed E-state index contributed by atoms with van der Waals surface area (Å²) in [6.07, 6.45) is 2.96. The summed E-state index contributed by atoms with van der Waals surface area (Å²) in [4.78, 5) is 15.1. The zero-order chi connectivity index (χ0) is 9.97. The van der Waals surface area contributed by atoms with Crippen LogP contribution < -0.4 is 0 Å². The van der Waals surface area contributed by atoms with Crippen molar-refractivity contribution >= 4 is 5.97 Å². The van der Waals surface area contributed by atoms with E-state index in [1.807, 2.05) is 0 Å². The van der Waals surface area contributed by atoms with E-state index < -0.39 is 5.97 Å². The van der Waals surface area contributed by atoms with Gasteiger partial charge in [0.2, 0.25) is 0 Å². The van der Waals surface area contributed by atoms with Gasteiger partial charge in [0.15, 0.2) is 0 Å². The largest absolute Gasteiger partial charge is 0.481 e. The first kappa shape index (κ1) is 9.93. The van der Waals surface area contributed by atoms with E-state index in [1.54, 1.807) is 0 Å². The Morgan fingerprint density at radius 3 is 2.50 bits per heavy atom. The van der Waals surface area contributed by atoms with E-state index in [-0.39, 0.29) is 6.42 Å². The Balaban J connectivity index is 1.61. The van der Waals surface area contributed by atoms with Gasteiger partial charge in [0.05, 0.1) is 6.42 Å². The van der Waals surface area contributed by atoms with Gasteiger partial charge in [-0.2, -0.15) is 0 Å². The molecule has 2 fully saturated rings. The van der Waals surface area contributed by atoms with Crippen molar-refractivity contribution in [3.8, 4) is 0 Å². The third-order valence-electron chi connectivity index (χ3n) is 3.24. The standard InChI is InChI=1S/C10H18N2O2/c13-10(14)3-6-11-7-9(8-11)12-4-1-2-5-12/h9H,1-8H2,(H,13,14). The highest BCUT2D eigenvalue weighted by atomic mass is 16.4. The minimum absolute atomic E-state index is 0.284. The van der Waals surface area contributed by atoms with Gasteiger partial charge in [-0.15, -0.1) is 0 Å². The first-order chi connectivity index (χ1) is 6.75. The first-order valence-corrected chi connectivity index (χ1v) is 5.44. The zero-order valence-corrected chi connectivity index (χ0v) is 8.48. The number of hydrogen-bond donors (Lipinski definition) is 1. The van der Waals surface area contributed by atoms with Crippen LogP contribution in [-0.2, 0) is 4.79 Å². The van der Waals surface area contributed by atoms with Crippen molar-refractivity contribution in [3.05, 3.63) is 0 Å². The van der Waals surface area contributed by atoms with Crippen LogP contribution >= 0.6 is 0 Å². The van der Waals surface area contributed by atoms with Gasteiger partial charge in [-0.1, -0.05) is 0 Å². The van der Waals surface area contributed by atoms with Gasteiger partial charge in [-0.25, -0.2) is 0 Å². The Labute approximate surface area is 84.5 Å². The summed E-state index contributed by atoms with van der Waals surface area (Å²) in [7, 11) is 0. The van der Waals surface area contributed by atoms with Crippen molar-refractivity contribution in [1.82, 2.24) is 9.80 Å². The lowest BCUT2D eigenvalue weighted by molar-refractivity contribution is -0.137. The number of hydrogen-bond acceptors (Lipinski definition) is 3. The van der Waals surface area contributed by atoms with Crippen molar-refractivity contribution in [2.45, 2.75) is 25.3 Å². The van der Waals surface area contributed by atoms with Crippen molar-refractivity contribution in [2.75, 3.05) is 32.7 Å². The molecule has 14 heavy (non-hydrogen) atoms. The van der Waals surface area contributed by atoms with E-state index >= 15 is 0 Å². The van der Waals surface area contributed by atoms with Crippen LogP contribution in [0.25, 0.3) is 0 Å². The van der Waals surface area contributed by atoms with Gasteiger partial charge in [0.1, 0.15) is 0 Å². The normalized spacial score (nSPS) is 25.1. The lowest BCUT2D eigenvalue weighted by atomic mass is 10.1. The molecular formula is C10H18N2O2. The van der Waals surface area contributed by atoms with E-state index in [0.29, 0.717) is 6.04 Å². The zero-order valence-electron chi connectivity index (χ0n) is 8.48. The molecule has 80 valence electrons. The summed E-state index contributed by atoms with van der Waals surface area (Å²) in [5.41, 5.74) is 0. The summed E-state index contributed by atoms with van der Waals surface area (Å²) in [6, 6.07) is 0.714. The number of carboxylic acid groups (broad SMARTS) is 1. The first-order valence-electron chi connectivity index (χ1n) is 5.44. The fourth-order valence-corrected chi connectivity index (χ4v) is 2.32. The molecule has 0 aliphatic carbocycles. The number of rotatable bonds is 4. The van der Waals surface area contributed by atoms with E-state index in [1.165, 1.54) is 25.9 Å². The Morgan fingerprint density at radius 1 is 1.29 bits per heavy atom. The Bertz CT molecular complexity index is 208. The van der Waals surface area contributed by atoms with Crippen LogP contribution in [0, 0.1) is 0 Å². The van der Waals surface area contributed by atoms with Gasteiger partial charge in [0.25, 0.3) is 0 Å². The lowest BCUT2D eigenvalue weighted by Crippen LogP contribution is -2.58. The molecule has 4 heteroatoms. The average molecular weight is 198 g/mol. The minimum Gasteiger partial charge on any atom is -0.481 e. The summed E-state index contributed by atoms with van der Waals surface area (Å²) in [5.74, 6) is -0.686. The Hall–Kier alpha value is -0.610. The summed E-state index contributed by atoms with van der Waals surface area (Å²) >= 11 is 0. The molecule has 0 unspecified atom stereocenters. The summed E-state index contributed by atoms with van der Waals surface area (Å²) in [6.45, 7) is 5.37. The highest BCUT2D eigenvalue weighted by molar-refractivity contribution is 5.66. The van der Waals surface area contributed by atoms with E-state index in [4.69, 9.17) is 5.11 Å².